The van der Waals surface area contributed by atoms with E-state index in [1.807, 2.05) is 31.2 Å². The molecule has 2 heterocycles. The third-order valence-corrected chi connectivity index (χ3v) is 5.25. The molecule has 1 aliphatic rings. The quantitative estimate of drug-likeness (QED) is 0.450. The summed E-state index contributed by atoms with van der Waals surface area (Å²) in [6.45, 7) is 2.11. The Morgan fingerprint density at radius 2 is 1.58 bits per heavy atom. The molecule has 2 N–H and O–H groups in total. The van der Waals surface area contributed by atoms with E-state index >= 15 is 0 Å². The molecule has 33 heavy (non-hydrogen) atoms. The van der Waals surface area contributed by atoms with Crippen molar-refractivity contribution >= 4 is 34.2 Å². The van der Waals surface area contributed by atoms with Crippen molar-refractivity contribution in [2.45, 2.75) is 6.92 Å². The molecule has 0 aliphatic carbocycles. The topological polar surface area (TPSA) is 99.0 Å². The summed E-state index contributed by atoms with van der Waals surface area (Å²) in [5, 5.41) is 6.21. The van der Waals surface area contributed by atoms with Crippen LogP contribution >= 0.6 is 0 Å². The molecule has 0 radical (unpaired) electrons. The standard InChI is InChI=1S/C25H20N2O6/c1-14-3-6-16(7-4-14)26-25(29)23-22(30-2)18-12-17(8-10-19(18)33-23)27-24(28)15-5-9-20-21(11-15)32-13-31-20/h3-12H,13H2,1-2H3,(H,26,29)(H,27,28). The summed E-state index contributed by atoms with van der Waals surface area (Å²) in [5.74, 6) is 0.720. The summed E-state index contributed by atoms with van der Waals surface area (Å²) in [5.41, 5.74) is 3.14. The summed E-state index contributed by atoms with van der Waals surface area (Å²) in [6.07, 6.45) is 0. The van der Waals surface area contributed by atoms with E-state index in [2.05, 4.69) is 10.6 Å². The van der Waals surface area contributed by atoms with Crippen molar-refractivity contribution in [2.24, 2.45) is 0 Å². The highest BCUT2D eigenvalue weighted by Gasteiger charge is 2.23. The minimum atomic E-state index is -0.433. The van der Waals surface area contributed by atoms with Gasteiger partial charge in [0.25, 0.3) is 11.8 Å². The molecular weight excluding hydrogens is 424 g/mol. The second kappa shape index (κ2) is 8.23. The molecule has 1 aromatic heterocycles. The lowest BCUT2D eigenvalue weighted by Crippen LogP contribution is -2.12. The van der Waals surface area contributed by atoms with Gasteiger partial charge in [0.2, 0.25) is 12.6 Å². The average molecular weight is 444 g/mol. The third-order valence-electron chi connectivity index (χ3n) is 5.25. The Bertz CT molecular complexity index is 1370. The first kappa shape index (κ1) is 20.4. The van der Waals surface area contributed by atoms with Crippen LogP contribution in [0.2, 0.25) is 0 Å². The van der Waals surface area contributed by atoms with Crippen molar-refractivity contribution in [1.29, 1.82) is 0 Å². The maximum Gasteiger partial charge on any atom is 0.295 e. The van der Waals surface area contributed by atoms with Gasteiger partial charge in [-0.2, -0.15) is 0 Å². The zero-order chi connectivity index (χ0) is 22.9. The first-order chi connectivity index (χ1) is 16.0. The monoisotopic (exact) mass is 444 g/mol. The van der Waals surface area contributed by atoms with Gasteiger partial charge in [0, 0.05) is 16.9 Å². The Hall–Kier alpha value is -4.46. The minimum Gasteiger partial charge on any atom is -0.492 e. The Balaban J connectivity index is 1.40. The molecule has 0 atom stereocenters. The van der Waals surface area contributed by atoms with Crippen LogP contribution in [0.3, 0.4) is 0 Å². The van der Waals surface area contributed by atoms with Crippen LogP contribution in [0, 0.1) is 6.92 Å². The predicted molar refractivity (Wildman–Crippen MR) is 122 cm³/mol. The van der Waals surface area contributed by atoms with Crippen molar-refractivity contribution < 1.29 is 28.2 Å². The van der Waals surface area contributed by atoms with Gasteiger partial charge in [-0.3, -0.25) is 9.59 Å². The maximum absolute atomic E-state index is 12.8. The number of carbonyl (C=O) groups excluding carboxylic acids is 2. The molecule has 0 fully saturated rings. The molecule has 0 saturated heterocycles. The third kappa shape index (κ3) is 3.94. The van der Waals surface area contributed by atoms with Gasteiger partial charge in [0.15, 0.2) is 17.2 Å². The van der Waals surface area contributed by atoms with Gasteiger partial charge in [0.1, 0.15) is 5.58 Å². The second-order valence-electron chi connectivity index (χ2n) is 7.52. The molecule has 3 aromatic carbocycles. The van der Waals surface area contributed by atoms with Crippen molar-refractivity contribution in [3.63, 3.8) is 0 Å². The lowest BCUT2D eigenvalue weighted by atomic mass is 10.1. The number of furan rings is 1. The molecule has 1 aliphatic heterocycles. The van der Waals surface area contributed by atoms with Crippen LogP contribution in [0.15, 0.2) is 65.1 Å². The van der Waals surface area contributed by atoms with Crippen LogP contribution in [-0.4, -0.2) is 25.7 Å². The Morgan fingerprint density at radius 1 is 0.848 bits per heavy atom. The molecule has 0 bridgehead atoms. The summed E-state index contributed by atoms with van der Waals surface area (Å²) in [7, 11) is 1.46. The lowest BCUT2D eigenvalue weighted by Gasteiger charge is -2.07. The number of hydrogen-bond acceptors (Lipinski definition) is 6. The van der Waals surface area contributed by atoms with E-state index in [4.69, 9.17) is 18.6 Å². The van der Waals surface area contributed by atoms with E-state index in [1.165, 1.54) is 7.11 Å². The minimum absolute atomic E-state index is 0.0484. The molecular formula is C25H20N2O6. The van der Waals surface area contributed by atoms with Gasteiger partial charge in [-0.15, -0.1) is 0 Å². The predicted octanol–water partition coefficient (Wildman–Crippen LogP) is 4.98. The number of carbonyl (C=O) groups is 2. The smallest absolute Gasteiger partial charge is 0.295 e. The number of benzene rings is 3. The fourth-order valence-corrected chi connectivity index (χ4v) is 3.57. The van der Waals surface area contributed by atoms with E-state index < -0.39 is 5.91 Å². The molecule has 166 valence electrons. The van der Waals surface area contributed by atoms with Crippen LogP contribution in [0.1, 0.15) is 26.5 Å². The van der Waals surface area contributed by atoms with Crippen molar-refractivity contribution in [2.75, 3.05) is 24.5 Å². The van der Waals surface area contributed by atoms with E-state index in [0.717, 1.165) is 5.56 Å². The number of nitrogens with one attached hydrogen (secondary N) is 2. The van der Waals surface area contributed by atoms with Crippen LogP contribution in [0.4, 0.5) is 11.4 Å². The first-order valence-electron chi connectivity index (χ1n) is 10.2. The highest BCUT2D eigenvalue weighted by molar-refractivity contribution is 6.09. The van der Waals surface area contributed by atoms with E-state index in [1.54, 1.807) is 36.4 Å². The van der Waals surface area contributed by atoms with Crippen molar-refractivity contribution in [3.8, 4) is 17.2 Å². The highest BCUT2D eigenvalue weighted by Crippen LogP contribution is 2.36. The fourth-order valence-electron chi connectivity index (χ4n) is 3.57. The number of fused-ring (bicyclic) bond motifs is 2. The normalized spacial score (nSPS) is 11.9. The highest BCUT2D eigenvalue weighted by atomic mass is 16.7. The van der Waals surface area contributed by atoms with E-state index in [-0.39, 0.29) is 24.2 Å². The Labute approximate surface area is 189 Å². The molecule has 0 saturated carbocycles. The second-order valence-corrected chi connectivity index (χ2v) is 7.52. The van der Waals surface area contributed by atoms with E-state index in [0.29, 0.717) is 39.4 Å². The molecule has 5 rings (SSSR count). The Morgan fingerprint density at radius 3 is 2.36 bits per heavy atom. The van der Waals surface area contributed by atoms with Gasteiger partial charge in [-0.25, -0.2) is 0 Å². The summed E-state index contributed by atoms with van der Waals surface area (Å²) < 4.78 is 21.8. The van der Waals surface area contributed by atoms with Gasteiger partial charge in [-0.1, -0.05) is 17.7 Å². The van der Waals surface area contributed by atoms with Crippen LogP contribution < -0.4 is 24.8 Å². The summed E-state index contributed by atoms with van der Waals surface area (Å²) in [6, 6.07) is 17.5. The number of rotatable bonds is 5. The van der Waals surface area contributed by atoms with Crippen LogP contribution in [0.25, 0.3) is 11.0 Å². The van der Waals surface area contributed by atoms with Crippen molar-refractivity contribution in [1.82, 2.24) is 0 Å². The number of aryl methyl sites for hydroxylation is 1. The number of ether oxygens (including phenoxy) is 3. The number of anilines is 2. The molecule has 4 aromatic rings. The average Bonchev–Trinajstić information content (AvgIpc) is 3.44. The lowest BCUT2D eigenvalue weighted by molar-refractivity contribution is 0.0992. The number of amides is 2. The van der Waals surface area contributed by atoms with Gasteiger partial charge in [-0.05, 0) is 55.5 Å². The molecule has 0 unspecified atom stereocenters. The SMILES string of the molecule is COc1c(C(=O)Nc2ccc(C)cc2)oc2ccc(NC(=O)c3ccc4c(c3)OCO4)cc12. The van der Waals surface area contributed by atoms with Gasteiger partial charge in [0.05, 0.1) is 12.5 Å². The largest absolute Gasteiger partial charge is 0.492 e. The molecule has 0 spiro atoms. The maximum atomic E-state index is 12.8. The van der Waals surface area contributed by atoms with Crippen LogP contribution in [0.5, 0.6) is 17.2 Å². The van der Waals surface area contributed by atoms with E-state index in [9.17, 15) is 9.59 Å². The molecule has 2 amide bonds. The number of methoxy groups -OCH3 is 1. The summed E-state index contributed by atoms with van der Waals surface area (Å²) >= 11 is 0. The Kier molecular flexibility index (Phi) is 5.10. The first-order valence-corrected chi connectivity index (χ1v) is 10.2. The van der Waals surface area contributed by atoms with Crippen molar-refractivity contribution in [3.05, 3.63) is 77.6 Å². The van der Waals surface area contributed by atoms with Gasteiger partial charge < -0.3 is 29.3 Å². The number of hydrogen-bond donors (Lipinski definition) is 2. The van der Waals surface area contributed by atoms with Crippen LogP contribution in [-0.2, 0) is 0 Å². The zero-order valence-corrected chi connectivity index (χ0v) is 17.9. The fraction of sp³-hybridized carbons (Fsp3) is 0.120. The molecule has 8 heteroatoms. The molecule has 8 nitrogen and oxygen atoms in total. The summed E-state index contributed by atoms with van der Waals surface area (Å²) in [4.78, 5) is 25.5. The van der Waals surface area contributed by atoms with Gasteiger partial charge >= 0.3 is 0 Å². The zero-order valence-electron chi connectivity index (χ0n) is 17.9.